The Bertz CT molecular complexity index is 625. The van der Waals surface area contributed by atoms with Crippen molar-refractivity contribution >= 4 is 17.2 Å². The third-order valence-corrected chi connectivity index (χ3v) is 4.05. The average molecular weight is 325 g/mol. The predicted octanol–water partition coefficient (Wildman–Crippen LogP) is 4.02. The number of hydrogen-bond acceptors (Lipinski definition) is 3. The molecule has 0 aliphatic heterocycles. The monoisotopic (exact) mass is 325 g/mol. The first-order valence-corrected chi connectivity index (χ1v) is 7.67. The van der Waals surface area contributed by atoms with Crippen molar-refractivity contribution in [2.45, 2.75) is 32.9 Å². The molecule has 118 valence electrons. The van der Waals surface area contributed by atoms with Crippen molar-refractivity contribution in [2.75, 3.05) is 0 Å². The molecule has 0 aliphatic rings. The first kappa shape index (κ1) is 16.4. The normalized spacial score (nSPS) is 12.2. The van der Waals surface area contributed by atoms with Crippen LogP contribution in [0.1, 0.15) is 27.0 Å². The number of aryl methyl sites for hydroxylation is 1. The lowest BCUT2D eigenvalue weighted by Crippen LogP contribution is -2.33. The van der Waals surface area contributed by atoms with E-state index in [1.54, 1.807) is 11.3 Å². The summed E-state index contributed by atoms with van der Waals surface area (Å²) in [6, 6.07) is 9.74. The molecule has 6 heteroatoms. The van der Waals surface area contributed by atoms with Gasteiger partial charge >= 0.3 is 6.61 Å². The van der Waals surface area contributed by atoms with E-state index in [1.165, 1.54) is 34.0 Å². The minimum Gasteiger partial charge on any atom is -0.435 e. The molecule has 22 heavy (non-hydrogen) atoms. The van der Waals surface area contributed by atoms with Crippen LogP contribution < -0.4 is 10.1 Å². The van der Waals surface area contributed by atoms with Crippen LogP contribution in [0.4, 0.5) is 8.78 Å². The van der Waals surface area contributed by atoms with Crippen molar-refractivity contribution < 1.29 is 18.3 Å². The first-order valence-electron chi connectivity index (χ1n) is 6.85. The maximum absolute atomic E-state index is 12.1. The zero-order valence-electron chi connectivity index (χ0n) is 12.3. The average Bonchev–Trinajstić information content (AvgIpc) is 2.83. The van der Waals surface area contributed by atoms with E-state index in [4.69, 9.17) is 0 Å². The molecule has 0 bridgehead atoms. The van der Waals surface area contributed by atoms with Gasteiger partial charge in [-0.1, -0.05) is 0 Å². The molecule has 1 atom stereocenters. The summed E-state index contributed by atoms with van der Waals surface area (Å²) in [5, 5.41) is 2.89. The zero-order chi connectivity index (χ0) is 16.1. The number of halogens is 2. The van der Waals surface area contributed by atoms with Crippen LogP contribution in [0.3, 0.4) is 0 Å². The van der Waals surface area contributed by atoms with Crippen LogP contribution in [0.2, 0.25) is 0 Å². The minimum absolute atomic E-state index is 0.0115. The van der Waals surface area contributed by atoms with Gasteiger partial charge in [0, 0.05) is 27.8 Å². The summed E-state index contributed by atoms with van der Waals surface area (Å²) in [5.74, 6) is -0.196. The molecule has 2 aromatic rings. The summed E-state index contributed by atoms with van der Waals surface area (Å²) in [7, 11) is 0. The molecule has 0 saturated heterocycles. The number of rotatable bonds is 6. The van der Waals surface area contributed by atoms with Gasteiger partial charge in [-0.05, 0) is 50.2 Å². The maximum Gasteiger partial charge on any atom is 0.387 e. The molecular weight excluding hydrogens is 308 g/mol. The minimum atomic E-state index is -2.87. The van der Waals surface area contributed by atoms with Gasteiger partial charge in [0.05, 0.1) is 0 Å². The SMILES string of the molecule is Cc1ccc(CC(C)NC(=O)c2ccc(OC(F)F)cc2)s1. The number of thiophene rings is 1. The second-order valence-electron chi connectivity index (χ2n) is 4.99. The third kappa shape index (κ3) is 4.80. The Kier molecular flexibility index (Phi) is 5.49. The molecule has 1 unspecified atom stereocenters. The Morgan fingerprint density at radius 1 is 1.23 bits per heavy atom. The van der Waals surface area contributed by atoms with Gasteiger partial charge in [0.25, 0.3) is 5.91 Å². The van der Waals surface area contributed by atoms with Crippen LogP contribution in [0.25, 0.3) is 0 Å². The Hall–Kier alpha value is -1.95. The van der Waals surface area contributed by atoms with E-state index in [2.05, 4.69) is 22.2 Å². The number of carbonyl (C=O) groups excluding carboxylic acids is 1. The highest BCUT2D eigenvalue weighted by atomic mass is 32.1. The number of ether oxygens (including phenoxy) is 1. The number of hydrogen-bond donors (Lipinski definition) is 1. The second kappa shape index (κ2) is 7.35. The van der Waals surface area contributed by atoms with Crippen molar-refractivity contribution in [2.24, 2.45) is 0 Å². The van der Waals surface area contributed by atoms with Crippen molar-refractivity contribution in [3.8, 4) is 5.75 Å². The number of carbonyl (C=O) groups is 1. The lowest BCUT2D eigenvalue weighted by molar-refractivity contribution is -0.0498. The summed E-state index contributed by atoms with van der Waals surface area (Å²) in [6.07, 6.45) is 0.761. The van der Waals surface area contributed by atoms with Crippen LogP contribution in [0, 0.1) is 6.92 Å². The molecule has 3 nitrogen and oxygen atoms in total. The highest BCUT2D eigenvalue weighted by Gasteiger charge is 2.12. The van der Waals surface area contributed by atoms with Gasteiger partial charge in [0.2, 0.25) is 0 Å². The van der Waals surface area contributed by atoms with Crippen LogP contribution in [0.15, 0.2) is 36.4 Å². The van der Waals surface area contributed by atoms with Gasteiger partial charge in [-0.3, -0.25) is 4.79 Å². The first-order chi connectivity index (χ1) is 10.4. The number of benzene rings is 1. The van der Waals surface area contributed by atoms with Crippen LogP contribution >= 0.6 is 11.3 Å². The van der Waals surface area contributed by atoms with Gasteiger partial charge in [-0.25, -0.2) is 0 Å². The number of alkyl halides is 2. The second-order valence-corrected chi connectivity index (χ2v) is 6.37. The van der Waals surface area contributed by atoms with Gasteiger partial charge < -0.3 is 10.1 Å². The predicted molar refractivity (Wildman–Crippen MR) is 82.8 cm³/mol. The molecule has 0 spiro atoms. The molecule has 0 aliphatic carbocycles. The fourth-order valence-corrected chi connectivity index (χ4v) is 3.06. The van der Waals surface area contributed by atoms with E-state index in [0.717, 1.165) is 6.42 Å². The summed E-state index contributed by atoms with van der Waals surface area (Å²) >= 11 is 1.71. The lowest BCUT2D eigenvalue weighted by Gasteiger charge is -2.13. The van der Waals surface area contributed by atoms with E-state index < -0.39 is 6.61 Å². The van der Waals surface area contributed by atoms with Crippen LogP contribution in [-0.4, -0.2) is 18.6 Å². The summed E-state index contributed by atoms with van der Waals surface area (Å²) in [6.45, 7) is 1.11. The van der Waals surface area contributed by atoms with Gasteiger partial charge in [-0.15, -0.1) is 11.3 Å². The Morgan fingerprint density at radius 2 is 1.91 bits per heavy atom. The standard InChI is InChI=1S/C16H17F2NO2S/c1-10(9-14-8-3-11(2)22-14)19-15(20)12-4-6-13(7-5-12)21-16(17)18/h3-8,10,16H,9H2,1-2H3,(H,19,20). The van der Waals surface area contributed by atoms with Crippen LogP contribution in [0.5, 0.6) is 5.75 Å². The van der Waals surface area contributed by atoms with Crippen molar-refractivity contribution in [1.29, 1.82) is 0 Å². The molecule has 1 amide bonds. The highest BCUT2D eigenvalue weighted by Crippen LogP contribution is 2.17. The molecule has 2 rings (SSSR count). The van der Waals surface area contributed by atoms with E-state index in [-0.39, 0.29) is 17.7 Å². The van der Waals surface area contributed by atoms with E-state index in [1.807, 2.05) is 13.8 Å². The fourth-order valence-electron chi connectivity index (χ4n) is 2.04. The highest BCUT2D eigenvalue weighted by molar-refractivity contribution is 7.11. The molecule has 0 fully saturated rings. The molecule has 0 saturated carbocycles. The molecule has 0 radical (unpaired) electrons. The smallest absolute Gasteiger partial charge is 0.387 e. The molecule has 1 heterocycles. The van der Waals surface area contributed by atoms with E-state index >= 15 is 0 Å². The number of amides is 1. The Labute approximate surface area is 131 Å². The molecule has 1 N–H and O–H groups in total. The van der Waals surface area contributed by atoms with Gasteiger partial charge in [0.1, 0.15) is 5.75 Å². The lowest BCUT2D eigenvalue weighted by atomic mass is 10.1. The quantitative estimate of drug-likeness (QED) is 0.871. The zero-order valence-corrected chi connectivity index (χ0v) is 13.1. The molecular formula is C16H17F2NO2S. The van der Waals surface area contributed by atoms with E-state index in [0.29, 0.717) is 5.56 Å². The largest absolute Gasteiger partial charge is 0.435 e. The van der Waals surface area contributed by atoms with Crippen molar-refractivity contribution in [3.05, 3.63) is 51.7 Å². The maximum atomic E-state index is 12.1. The molecule has 1 aromatic carbocycles. The van der Waals surface area contributed by atoms with Gasteiger partial charge in [0.15, 0.2) is 0 Å². The van der Waals surface area contributed by atoms with Crippen molar-refractivity contribution in [1.82, 2.24) is 5.32 Å². The fraction of sp³-hybridized carbons (Fsp3) is 0.312. The molecule has 1 aromatic heterocycles. The topological polar surface area (TPSA) is 38.3 Å². The van der Waals surface area contributed by atoms with Gasteiger partial charge in [-0.2, -0.15) is 8.78 Å². The number of nitrogens with one attached hydrogen (secondary N) is 1. The third-order valence-electron chi connectivity index (χ3n) is 3.02. The van der Waals surface area contributed by atoms with Crippen LogP contribution in [-0.2, 0) is 6.42 Å². The Balaban J connectivity index is 1.90. The summed E-state index contributed by atoms with van der Waals surface area (Å²) in [4.78, 5) is 14.5. The summed E-state index contributed by atoms with van der Waals surface area (Å²) < 4.78 is 28.4. The summed E-state index contributed by atoms with van der Waals surface area (Å²) in [5.41, 5.74) is 0.413. The Morgan fingerprint density at radius 3 is 2.45 bits per heavy atom. The van der Waals surface area contributed by atoms with Crippen molar-refractivity contribution in [3.63, 3.8) is 0 Å². The van der Waals surface area contributed by atoms with E-state index in [9.17, 15) is 13.6 Å².